The Morgan fingerprint density at radius 2 is 1.66 bits per heavy atom. The average Bonchev–Trinajstić information content (AvgIpc) is 3.33. The van der Waals surface area contributed by atoms with Crippen molar-refractivity contribution >= 4 is 18.0 Å². The van der Waals surface area contributed by atoms with Gasteiger partial charge < -0.3 is 10.1 Å². The molecule has 0 fully saturated rings. The number of carbonyl (C=O) groups excluding carboxylic acids is 2. The zero-order chi connectivity index (χ0) is 24.5. The van der Waals surface area contributed by atoms with Crippen molar-refractivity contribution in [2.75, 3.05) is 13.2 Å². The maximum atomic E-state index is 12.3. The summed E-state index contributed by atoms with van der Waals surface area (Å²) in [6, 6.07) is 26.2. The van der Waals surface area contributed by atoms with Crippen molar-refractivity contribution in [3.05, 3.63) is 102 Å². The lowest BCUT2D eigenvalue weighted by molar-refractivity contribution is -0.120. The molecule has 3 aromatic carbocycles. The predicted molar refractivity (Wildman–Crippen MR) is 135 cm³/mol. The molecule has 4 aromatic rings. The molecular weight excluding hydrogens is 442 g/mol. The summed E-state index contributed by atoms with van der Waals surface area (Å²) in [5.74, 6) is -0.124. The first-order valence-corrected chi connectivity index (χ1v) is 11.2. The number of hydrogen-bond acceptors (Lipinski definition) is 5. The fourth-order valence-corrected chi connectivity index (χ4v) is 3.36. The number of carbonyl (C=O) groups is 2. The Bertz CT molecular complexity index is 1300. The Balaban J connectivity index is 1.39. The second-order valence-corrected chi connectivity index (χ2v) is 7.51. The van der Waals surface area contributed by atoms with Gasteiger partial charge in [0.05, 0.1) is 25.1 Å². The third kappa shape index (κ3) is 6.20. The highest BCUT2D eigenvalue weighted by Gasteiger charge is 2.11. The number of hydrogen-bond donors (Lipinski definition) is 2. The Labute approximate surface area is 203 Å². The van der Waals surface area contributed by atoms with Crippen molar-refractivity contribution in [2.24, 2.45) is 5.10 Å². The molecule has 0 bridgehead atoms. The third-order valence-electron chi connectivity index (χ3n) is 5.04. The molecule has 8 heteroatoms. The van der Waals surface area contributed by atoms with Crippen molar-refractivity contribution in [3.8, 4) is 22.7 Å². The van der Waals surface area contributed by atoms with E-state index in [1.165, 1.54) is 0 Å². The van der Waals surface area contributed by atoms with Gasteiger partial charge in [0.15, 0.2) is 0 Å². The maximum absolute atomic E-state index is 12.3. The summed E-state index contributed by atoms with van der Waals surface area (Å²) in [5.41, 5.74) is 6.19. The number of rotatable bonds is 9. The first-order valence-electron chi connectivity index (χ1n) is 11.2. The minimum Gasteiger partial charge on any atom is -0.494 e. The highest BCUT2D eigenvalue weighted by Crippen LogP contribution is 2.22. The van der Waals surface area contributed by atoms with Gasteiger partial charge >= 0.3 is 0 Å². The van der Waals surface area contributed by atoms with Gasteiger partial charge in [-0.25, -0.2) is 10.1 Å². The fraction of sp³-hybridized carbons (Fsp3) is 0.111. The van der Waals surface area contributed by atoms with Crippen molar-refractivity contribution in [2.45, 2.75) is 6.92 Å². The largest absolute Gasteiger partial charge is 0.494 e. The molecule has 2 N–H and O–H groups in total. The average molecular weight is 468 g/mol. The van der Waals surface area contributed by atoms with Gasteiger partial charge in [-0.3, -0.25) is 9.59 Å². The molecule has 1 aromatic heterocycles. The zero-order valence-electron chi connectivity index (χ0n) is 19.2. The van der Waals surface area contributed by atoms with Crippen LogP contribution in [-0.2, 0) is 4.79 Å². The number of nitrogens with one attached hydrogen (secondary N) is 2. The van der Waals surface area contributed by atoms with E-state index in [4.69, 9.17) is 9.84 Å². The van der Waals surface area contributed by atoms with Crippen molar-refractivity contribution in [1.82, 2.24) is 20.5 Å². The maximum Gasteiger partial charge on any atom is 0.259 e. The first kappa shape index (κ1) is 23.4. The van der Waals surface area contributed by atoms with E-state index in [1.807, 2.05) is 73.8 Å². The quantitative estimate of drug-likeness (QED) is 0.289. The van der Waals surface area contributed by atoms with Crippen LogP contribution in [0.3, 0.4) is 0 Å². The molecule has 35 heavy (non-hydrogen) atoms. The number of nitrogens with zero attached hydrogens (tertiary/aromatic N) is 3. The van der Waals surface area contributed by atoms with E-state index in [0.29, 0.717) is 17.9 Å². The topological polar surface area (TPSA) is 97.6 Å². The molecule has 0 spiro atoms. The summed E-state index contributed by atoms with van der Waals surface area (Å²) in [4.78, 5) is 24.5. The number of aromatic nitrogens is 2. The summed E-state index contributed by atoms with van der Waals surface area (Å²) in [7, 11) is 0. The van der Waals surface area contributed by atoms with Gasteiger partial charge in [-0.1, -0.05) is 48.5 Å². The molecule has 176 valence electrons. The number of hydrazone groups is 1. The van der Waals surface area contributed by atoms with Crippen LogP contribution in [0.1, 0.15) is 22.8 Å². The van der Waals surface area contributed by atoms with Crippen molar-refractivity contribution in [1.29, 1.82) is 0 Å². The van der Waals surface area contributed by atoms with Crippen LogP contribution in [0.2, 0.25) is 0 Å². The summed E-state index contributed by atoms with van der Waals surface area (Å²) >= 11 is 0. The summed E-state index contributed by atoms with van der Waals surface area (Å²) < 4.78 is 7.13. The zero-order valence-corrected chi connectivity index (χ0v) is 19.2. The second-order valence-electron chi connectivity index (χ2n) is 7.51. The van der Waals surface area contributed by atoms with Crippen LogP contribution < -0.4 is 15.5 Å². The number of amides is 2. The number of benzene rings is 3. The van der Waals surface area contributed by atoms with Crippen LogP contribution in [0.4, 0.5) is 0 Å². The summed E-state index contributed by atoms with van der Waals surface area (Å²) in [6.07, 6.45) is 3.39. The summed E-state index contributed by atoms with van der Waals surface area (Å²) in [6.45, 7) is 2.23. The molecule has 2 amide bonds. The third-order valence-corrected chi connectivity index (χ3v) is 5.04. The lowest BCUT2D eigenvalue weighted by atomic mass is 10.1. The molecule has 0 aliphatic rings. The minimum absolute atomic E-state index is 0.210. The first-order chi connectivity index (χ1) is 17.1. The highest BCUT2D eigenvalue weighted by molar-refractivity contribution is 5.96. The Morgan fingerprint density at radius 1 is 0.971 bits per heavy atom. The summed E-state index contributed by atoms with van der Waals surface area (Å²) in [5, 5.41) is 11.4. The van der Waals surface area contributed by atoms with Crippen molar-refractivity contribution < 1.29 is 14.3 Å². The van der Waals surface area contributed by atoms with Crippen LogP contribution in [0.15, 0.2) is 96.2 Å². The van der Waals surface area contributed by atoms with E-state index in [1.54, 1.807) is 35.2 Å². The van der Waals surface area contributed by atoms with Crippen LogP contribution in [0.25, 0.3) is 16.9 Å². The van der Waals surface area contributed by atoms with E-state index >= 15 is 0 Å². The molecule has 0 saturated heterocycles. The predicted octanol–water partition coefficient (Wildman–Crippen LogP) is 3.82. The van der Waals surface area contributed by atoms with E-state index in [-0.39, 0.29) is 12.5 Å². The molecule has 8 nitrogen and oxygen atoms in total. The van der Waals surface area contributed by atoms with E-state index in [2.05, 4.69) is 15.8 Å². The highest BCUT2D eigenvalue weighted by atomic mass is 16.5. The molecule has 4 rings (SSSR count). The molecule has 0 unspecified atom stereocenters. The smallest absolute Gasteiger partial charge is 0.259 e. The van der Waals surface area contributed by atoms with Gasteiger partial charge in [0.1, 0.15) is 11.4 Å². The molecule has 1 heterocycles. The molecule has 0 atom stereocenters. The van der Waals surface area contributed by atoms with Crippen LogP contribution >= 0.6 is 0 Å². The minimum atomic E-state index is -0.447. The van der Waals surface area contributed by atoms with Crippen LogP contribution in [0.5, 0.6) is 5.75 Å². The van der Waals surface area contributed by atoms with Gasteiger partial charge in [-0.15, -0.1) is 0 Å². The standard InChI is InChI=1S/C27H25N5O3/c1-2-35-24-15-13-21(14-16-24)27(34)28-18-25(33)30-29-17-22-19-32(23-11-7-4-8-12-23)31-26(22)20-9-5-3-6-10-20/h3-17,19H,2,18H2,1H3,(H,28,34)(H,30,33)/b29-17-. The Hall–Kier alpha value is -4.72. The van der Waals surface area contributed by atoms with Gasteiger partial charge in [0.2, 0.25) is 0 Å². The molecular formula is C27H25N5O3. The molecule has 0 aliphatic carbocycles. The lowest BCUT2D eigenvalue weighted by Gasteiger charge is -2.06. The lowest BCUT2D eigenvalue weighted by Crippen LogP contribution is -2.34. The molecule has 0 saturated carbocycles. The molecule has 0 radical (unpaired) electrons. The fourth-order valence-electron chi connectivity index (χ4n) is 3.36. The van der Waals surface area contributed by atoms with Gasteiger partial charge in [-0.2, -0.15) is 10.2 Å². The van der Waals surface area contributed by atoms with Gasteiger partial charge in [0, 0.05) is 22.9 Å². The van der Waals surface area contributed by atoms with Crippen LogP contribution in [0, 0.1) is 0 Å². The number of ether oxygens (including phenoxy) is 1. The van der Waals surface area contributed by atoms with Crippen LogP contribution in [-0.4, -0.2) is 41.0 Å². The van der Waals surface area contributed by atoms with E-state index < -0.39 is 5.91 Å². The van der Waals surface area contributed by atoms with E-state index in [9.17, 15) is 9.59 Å². The van der Waals surface area contributed by atoms with Gasteiger partial charge in [0.25, 0.3) is 11.8 Å². The van der Waals surface area contributed by atoms with E-state index in [0.717, 1.165) is 22.5 Å². The molecule has 0 aliphatic heterocycles. The Morgan fingerprint density at radius 3 is 2.34 bits per heavy atom. The normalized spacial score (nSPS) is 10.8. The number of para-hydroxylation sites is 1. The monoisotopic (exact) mass is 467 g/mol. The Kier molecular flexibility index (Phi) is 7.65. The second kappa shape index (κ2) is 11.4. The SMILES string of the molecule is CCOc1ccc(C(=O)NCC(=O)N/N=C\c2cn(-c3ccccc3)nc2-c2ccccc2)cc1. The van der Waals surface area contributed by atoms with Gasteiger partial charge in [-0.05, 0) is 43.3 Å². The van der Waals surface area contributed by atoms with Crippen molar-refractivity contribution in [3.63, 3.8) is 0 Å².